The van der Waals surface area contributed by atoms with E-state index in [0.29, 0.717) is 30.3 Å². The summed E-state index contributed by atoms with van der Waals surface area (Å²) in [6.45, 7) is 2.13. The molecule has 0 radical (unpaired) electrons. The molecule has 1 heterocycles. The van der Waals surface area contributed by atoms with Crippen LogP contribution >= 0.6 is 0 Å². The molecule has 1 aliphatic carbocycles. The molecule has 1 aliphatic rings. The number of Topliss-reactive ketones (excluding diaryl/α,β-unsaturated/α-hetero) is 1. The van der Waals surface area contributed by atoms with Gasteiger partial charge in [-0.25, -0.2) is 0 Å². The van der Waals surface area contributed by atoms with Gasteiger partial charge in [0.1, 0.15) is 5.78 Å². The van der Waals surface area contributed by atoms with Gasteiger partial charge < -0.3 is 4.52 Å². The van der Waals surface area contributed by atoms with Gasteiger partial charge in [0.15, 0.2) is 0 Å². The number of aryl methyl sites for hydroxylation is 1. The number of benzene rings is 1. The maximum atomic E-state index is 11.9. The molecule has 4 nitrogen and oxygen atoms in total. The second-order valence-corrected chi connectivity index (χ2v) is 5.68. The number of ketones is 1. The summed E-state index contributed by atoms with van der Waals surface area (Å²) >= 11 is 0. The van der Waals surface area contributed by atoms with Crippen molar-refractivity contribution in [3.05, 3.63) is 35.7 Å². The molecule has 4 heteroatoms. The lowest BCUT2D eigenvalue weighted by atomic mass is 9.86. The normalized spacial score (nSPS) is 18.9. The van der Waals surface area contributed by atoms with Crippen LogP contribution in [-0.2, 0) is 17.6 Å². The number of aromatic nitrogens is 2. The molecule has 1 atom stereocenters. The second kappa shape index (κ2) is 6.20. The zero-order chi connectivity index (χ0) is 14.7. The molecule has 0 amide bonds. The molecule has 1 aromatic heterocycles. The van der Waals surface area contributed by atoms with E-state index in [0.717, 1.165) is 31.2 Å². The standard InChI is InChI=1S/C17H20N2O2/c1-2-12-7-9-13(10-8-12)17-18-16(21-19-17)11-14-5-3-4-6-15(14)20/h7-10,14H,2-6,11H2,1H3. The summed E-state index contributed by atoms with van der Waals surface area (Å²) in [5.41, 5.74) is 2.24. The summed E-state index contributed by atoms with van der Waals surface area (Å²) in [4.78, 5) is 16.3. The van der Waals surface area contributed by atoms with Crippen LogP contribution in [0.4, 0.5) is 0 Å². The highest BCUT2D eigenvalue weighted by Crippen LogP contribution is 2.24. The zero-order valence-corrected chi connectivity index (χ0v) is 12.3. The van der Waals surface area contributed by atoms with E-state index in [1.165, 1.54) is 5.56 Å². The predicted octanol–water partition coefficient (Wildman–Crippen LogP) is 3.60. The average Bonchev–Trinajstić information content (AvgIpc) is 2.98. The summed E-state index contributed by atoms with van der Waals surface area (Å²) in [5.74, 6) is 1.59. The summed E-state index contributed by atoms with van der Waals surface area (Å²) < 4.78 is 5.31. The van der Waals surface area contributed by atoms with Crippen molar-refractivity contribution in [2.45, 2.75) is 45.4 Å². The van der Waals surface area contributed by atoms with Gasteiger partial charge in [0.25, 0.3) is 0 Å². The Balaban J connectivity index is 1.71. The van der Waals surface area contributed by atoms with E-state index in [2.05, 4.69) is 29.2 Å². The van der Waals surface area contributed by atoms with Gasteiger partial charge in [-0.1, -0.05) is 42.8 Å². The highest BCUT2D eigenvalue weighted by atomic mass is 16.5. The summed E-state index contributed by atoms with van der Waals surface area (Å²) in [6.07, 6.45) is 5.39. The first-order valence-corrected chi connectivity index (χ1v) is 7.71. The Hall–Kier alpha value is -1.97. The number of carbonyl (C=O) groups is 1. The van der Waals surface area contributed by atoms with E-state index in [1.54, 1.807) is 0 Å². The number of hydrogen-bond donors (Lipinski definition) is 0. The van der Waals surface area contributed by atoms with Gasteiger partial charge in [-0.15, -0.1) is 0 Å². The fourth-order valence-corrected chi connectivity index (χ4v) is 2.83. The first kappa shape index (κ1) is 14.0. The van der Waals surface area contributed by atoms with Crippen molar-refractivity contribution in [3.8, 4) is 11.4 Å². The first-order valence-electron chi connectivity index (χ1n) is 7.71. The third kappa shape index (κ3) is 3.20. The molecular weight excluding hydrogens is 264 g/mol. The third-order valence-corrected chi connectivity index (χ3v) is 4.19. The van der Waals surface area contributed by atoms with Crippen LogP contribution in [0.5, 0.6) is 0 Å². The molecule has 1 aromatic carbocycles. The molecular formula is C17H20N2O2. The molecule has 0 bridgehead atoms. The van der Waals surface area contributed by atoms with Crippen molar-refractivity contribution in [1.82, 2.24) is 10.1 Å². The molecule has 1 saturated carbocycles. The van der Waals surface area contributed by atoms with Crippen LogP contribution in [0.3, 0.4) is 0 Å². The Morgan fingerprint density at radius 1 is 1.24 bits per heavy atom. The molecule has 1 unspecified atom stereocenters. The smallest absolute Gasteiger partial charge is 0.227 e. The van der Waals surface area contributed by atoms with Gasteiger partial charge in [-0.05, 0) is 24.8 Å². The largest absolute Gasteiger partial charge is 0.339 e. The van der Waals surface area contributed by atoms with Gasteiger partial charge in [-0.3, -0.25) is 4.79 Å². The average molecular weight is 284 g/mol. The minimum Gasteiger partial charge on any atom is -0.339 e. The van der Waals surface area contributed by atoms with Crippen molar-refractivity contribution in [3.63, 3.8) is 0 Å². The first-order chi connectivity index (χ1) is 10.3. The minimum absolute atomic E-state index is 0.0644. The van der Waals surface area contributed by atoms with Crippen LogP contribution in [0.1, 0.15) is 44.1 Å². The topological polar surface area (TPSA) is 56.0 Å². The van der Waals surface area contributed by atoms with Gasteiger partial charge >= 0.3 is 0 Å². The van der Waals surface area contributed by atoms with Crippen LogP contribution in [-0.4, -0.2) is 15.9 Å². The summed E-state index contributed by atoms with van der Waals surface area (Å²) in [7, 11) is 0. The lowest BCUT2D eigenvalue weighted by molar-refractivity contribution is -0.124. The van der Waals surface area contributed by atoms with Gasteiger partial charge in [0.05, 0.1) is 0 Å². The van der Waals surface area contributed by atoms with Gasteiger partial charge in [0.2, 0.25) is 11.7 Å². The van der Waals surface area contributed by atoms with Crippen LogP contribution in [0.2, 0.25) is 0 Å². The minimum atomic E-state index is 0.0644. The van der Waals surface area contributed by atoms with Crippen molar-refractivity contribution >= 4 is 5.78 Å². The van der Waals surface area contributed by atoms with Gasteiger partial charge in [-0.2, -0.15) is 4.98 Å². The SMILES string of the molecule is CCc1ccc(-c2noc(CC3CCCCC3=O)n2)cc1. The Morgan fingerprint density at radius 2 is 2.05 bits per heavy atom. The van der Waals surface area contributed by atoms with E-state index in [1.807, 2.05) is 12.1 Å². The lowest BCUT2D eigenvalue weighted by Gasteiger charge is -2.18. The van der Waals surface area contributed by atoms with Crippen LogP contribution < -0.4 is 0 Å². The lowest BCUT2D eigenvalue weighted by Crippen LogP contribution is -2.21. The quantitative estimate of drug-likeness (QED) is 0.860. The Bertz CT molecular complexity index is 616. The highest BCUT2D eigenvalue weighted by Gasteiger charge is 2.24. The maximum Gasteiger partial charge on any atom is 0.227 e. The summed E-state index contributed by atoms with van der Waals surface area (Å²) in [6, 6.07) is 8.19. The van der Waals surface area contributed by atoms with Crippen LogP contribution in [0.15, 0.2) is 28.8 Å². The maximum absolute atomic E-state index is 11.9. The van der Waals surface area contributed by atoms with E-state index in [4.69, 9.17) is 4.52 Å². The molecule has 2 aromatic rings. The van der Waals surface area contributed by atoms with Gasteiger partial charge in [0, 0.05) is 24.3 Å². The number of hydrogen-bond acceptors (Lipinski definition) is 4. The number of carbonyl (C=O) groups excluding carboxylic acids is 1. The molecule has 3 rings (SSSR count). The molecule has 0 N–H and O–H groups in total. The highest BCUT2D eigenvalue weighted by molar-refractivity contribution is 5.81. The van der Waals surface area contributed by atoms with Crippen LogP contribution in [0, 0.1) is 5.92 Å². The molecule has 0 aliphatic heterocycles. The third-order valence-electron chi connectivity index (χ3n) is 4.19. The second-order valence-electron chi connectivity index (χ2n) is 5.68. The van der Waals surface area contributed by atoms with E-state index in [9.17, 15) is 4.79 Å². The fourth-order valence-electron chi connectivity index (χ4n) is 2.83. The Morgan fingerprint density at radius 3 is 2.76 bits per heavy atom. The van der Waals surface area contributed by atoms with Crippen molar-refractivity contribution in [2.75, 3.05) is 0 Å². The predicted molar refractivity (Wildman–Crippen MR) is 79.8 cm³/mol. The fraction of sp³-hybridized carbons (Fsp3) is 0.471. The molecule has 1 fully saturated rings. The van der Waals surface area contributed by atoms with E-state index >= 15 is 0 Å². The molecule has 110 valence electrons. The van der Waals surface area contributed by atoms with Crippen molar-refractivity contribution < 1.29 is 9.32 Å². The molecule has 0 spiro atoms. The monoisotopic (exact) mass is 284 g/mol. The van der Waals surface area contributed by atoms with E-state index < -0.39 is 0 Å². The van der Waals surface area contributed by atoms with Crippen molar-refractivity contribution in [1.29, 1.82) is 0 Å². The zero-order valence-electron chi connectivity index (χ0n) is 12.3. The van der Waals surface area contributed by atoms with Crippen LogP contribution in [0.25, 0.3) is 11.4 Å². The Kier molecular flexibility index (Phi) is 4.13. The van der Waals surface area contributed by atoms with Crippen molar-refractivity contribution in [2.24, 2.45) is 5.92 Å². The van der Waals surface area contributed by atoms with E-state index in [-0.39, 0.29) is 5.92 Å². The number of nitrogens with zero attached hydrogens (tertiary/aromatic N) is 2. The number of rotatable bonds is 4. The summed E-state index contributed by atoms with van der Waals surface area (Å²) in [5, 5.41) is 4.04. The molecule has 21 heavy (non-hydrogen) atoms. The molecule has 0 saturated heterocycles. The Labute approximate surface area is 124 Å².